The van der Waals surface area contributed by atoms with Crippen molar-refractivity contribution in [1.29, 1.82) is 0 Å². The number of carbonyl (C=O) groups is 2. The van der Waals surface area contributed by atoms with E-state index in [1.807, 2.05) is 18.7 Å². The number of amides is 2. The Morgan fingerprint density at radius 2 is 1.65 bits per heavy atom. The Kier molecular flexibility index (Phi) is 8.15. The smallest absolute Gasteiger partial charge is 0.239 e. The Bertz CT molecular complexity index is 496. The van der Waals surface area contributed by atoms with Crippen LogP contribution >= 0.6 is 0 Å². The monoisotopic (exact) mass is 366 g/mol. The molecule has 2 aliphatic heterocycles. The van der Waals surface area contributed by atoms with E-state index in [1.165, 1.54) is 0 Å². The Hall–Kier alpha value is -1.83. The minimum atomic E-state index is -0.0648. The van der Waals surface area contributed by atoms with Gasteiger partial charge in [0.25, 0.3) is 0 Å². The molecular weight excluding hydrogens is 332 g/mol. The number of carbonyl (C=O) groups excluding carboxylic acids is 2. The van der Waals surface area contributed by atoms with Crippen LogP contribution < -0.4 is 10.6 Å². The van der Waals surface area contributed by atoms with Crippen molar-refractivity contribution >= 4 is 17.8 Å². The fraction of sp³-hybridized carbons (Fsp3) is 0.833. The molecule has 2 amide bonds. The van der Waals surface area contributed by atoms with Gasteiger partial charge in [-0.1, -0.05) is 6.92 Å². The van der Waals surface area contributed by atoms with Crippen LogP contribution in [0.1, 0.15) is 33.1 Å². The van der Waals surface area contributed by atoms with Gasteiger partial charge in [0.1, 0.15) is 0 Å². The molecule has 1 unspecified atom stereocenters. The number of guanidine groups is 1. The summed E-state index contributed by atoms with van der Waals surface area (Å²) in [4.78, 5) is 35.0. The third-order valence-corrected chi connectivity index (χ3v) is 5.13. The lowest BCUT2D eigenvalue weighted by molar-refractivity contribution is -0.135. The van der Waals surface area contributed by atoms with Gasteiger partial charge >= 0.3 is 0 Å². The topological polar surface area (TPSA) is 80.3 Å². The standard InChI is InChI=1S/C18H34N6O2/c1-4-7-20-16(25)14-21-18(19-3)24-12-10-22(11-13-24)15(2)17(26)23-8-5-6-9-23/h15H,4-14H2,1-3H3,(H,19,21)(H,20,25). The van der Waals surface area contributed by atoms with Crippen LogP contribution in [0.4, 0.5) is 0 Å². The lowest BCUT2D eigenvalue weighted by Gasteiger charge is -2.39. The molecule has 8 nitrogen and oxygen atoms in total. The van der Waals surface area contributed by atoms with Crippen LogP contribution in [0.5, 0.6) is 0 Å². The third-order valence-electron chi connectivity index (χ3n) is 5.13. The highest BCUT2D eigenvalue weighted by Gasteiger charge is 2.30. The second kappa shape index (κ2) is 10.4. The van der Waals surface area contributed by atoms with Crippen molar-refractivity contribution in [3.05, 3.63) is 0 Å². The molecule has 2 saturated heterocycles. The molecule has 1 atom stereocenters. The lowest BCUT2D eigenvalue weighted by atomic mass is 10.2. The summed E-state index contributed by atoms with van der Waals surface area (Å²) < 4.78 is 0. The first-order valence-electron chi connectivity index (χ1n) is 9.82. The van der Waals surface area contributed by atoms with Crippen LogP contribution in [-0.2, 0) is 9.59 Å². The van der Waals surface area contributed by atoms with Crippen LogP contribution in [0.25, 0.3) is 0 Å². The van der Waals surface area contributed by atoms with Crippen molar-refractivity contribution in [1.82, 2.24) is 25.3 Å². The highest BCUT2D eigenvalue weighted by atomic mass is 16.2. The highest BCUT2D eigenvalue weighted by molar-refractivity contribution is 5.86. The molecule has 0 bridgehead atoms. The van der Waals surface area contributed by atoms with Crippen molar-refractivity contribution in [2.75, 3.05) is 59.4 Å². The second-order valence-electron chi connectivity index (χ2n) is 6.98. The van der Waals surface area contributed by atoms with Crippen molar-refractivity contribution in [2.24, 2.45) is 4.99 Å². The summed E-state index contributed by atoms with van der Waals surface area (Å²) in [5.41, 5.74) is 0. The van der Waals surface area contributed by atoms with E-state index in [0.717, 1.165) is 64.5 Å². The SMILES string of the molecule is CCCNC(=O)CNC(=NC)N1CCN(C(C)C(=O)N2CCCC2)CC1. The van der Waals surface area contributed by atoms with Gasteiger partial charge in [0, 0.05) is 52.9 Å². The predicted molar refractivity (Wildman–Crippen MR) is 103 cm³/mol. The molecule has 8 heteroatoms. The quantitative estimate of drug-likeness (QED) is 0.499. The molecule has 0 radical (unpaired) electrons. The van der Waals surface area contributed by atoms with Gasteiger partial charge in [0.2, 0.25) is 11.8 Å². The zero-order valence-electron chi connectivity index (χ0n) is 16.5. The molecular formula is C18H34N6O2. The van der Waals surface area contributed by atoms with Crippen molar-refractivity contribution < 1.29 is 9.59 Å². The Balaban J connectivity index is 1.76. The maximum atomic E-state index is 12.6. The minimum Gasteiger partial charge on any atom is -0.355 e. The van der Waals surface area contributed by atoms with E-state index >= 15 is 0 Å². The Labute approximate surface area is 157 Å². The van der Waals surface area contributed by atoms with E-state index in [2.05, 4.69) is 25.4 Å². The zero-order chi connectivity index (χ0) is 18.9. The van der Waals surface area contributed by atoms with Gasteiger partial charge < -0.3 is 20.4 Å². The minimum absolute atomic E-state index is 0.0172. The molecule has 2 N–H and O–H groups in total. The summed E-state index contributed by atoms with van der Waals surface area (Å²) in [6.45, 7) is 10.0. The van der Waals surface area contributed by atoms with Gasteiger partial charge in [-0.05, 0) is 26.2 Å². The molecule has 26 heavy (non-hydrogen) atoms. The third kappa shape index (κ3) is 5.59. The maximum Gasteiger partial charge on any atom is 0.239 e. The van der Waals surface area contributed by atoms with Gasteiger partial charge in [-0.2, -0.15) is 0 Å². The van der Waals surface area contributed by atoms with Crippen molar-refractivity contribution in [3.63, 3.8) is 0 Å². The molecule has 0 aromatic carbocycles. The molecule has 2 heterocycles. The largest absolute Gasteiger partial charge is 0.355 e. The highest BCUT2D eigenvalue weighted by Crippen LogP contribution is 2.14. The summed E-state index contributed by atoms with van der Waals surface area (Å²) in [5.74, 6) is 0.984. The maximum absolute atomic E-state index is 12.6. The van der Waals surface area contributed by atoms with Crippen LogP contribution in [0.3, 0.4) is 0 Å². The normalized spacial score (nSPS) is 20.2. The first-order valence-corrected chi connectivity index (χ1v) is 9.82. The fourth-order valence-electron chi connectivity index (χ4n) is 3.50. The summed E-state index contributed by atoms with van der Waals surface area (Å²) in [5, 5.41) is 5.98. The van der Waals surface area contributed by atoms with E-state index in [-0.39, 0.29) is 24.4 Å². The average molecular weight is 367 g/mol. The van der Waals surface area contributed by atoms with E-state index in [1.54, 1.807) is 7.05 Å². The van der Waals surface area contributed by atoms with Crippen molar-refractivity contribution in [2.45, 2.75) is 39.2 Å². The van der Waals surface area contributed by atoms with E-state index in [4.69, 9.17) is 0 Å². The molecule has 0 aromatic rings. The summed E-state index contributed by atoms with van der Waals surface area (Å²) in [6, 6.07) is -0.0648. The van der Waals surface area contributed by atoms with E-state index < -0.39 is 0 Å². The van der Waals surface area contributed by atoms with Crippen LogP contribution in [0.2, 0.25) is 0 Å². The molecule has 0 aliphatic carbocycles. The van der Waals surface area contributed by atoms with Crippen LogP contribution in [0, 0.1) is 0 Å². The van der Waals surface area contributed by atoms with Gasteiger partial charge in [-0.25, -0.2) is 0 Å². The predicted octanol–water partition coefficient (Wildman–Crippen LogP) is -0.283. The number of hydrogen-bond donors (Lipinski definition) is 2. The lowest BCUT2D eigenvalue weighted by Crippen LogP contribution is -2.57. The van der Waals surface area contributed by atoms with Gasteiger partial charge in [0.15, 0.2) is 5.96 Å². The molecule has 2 rings (SSSR count). The zero-order valence-corrected chi connectivity index (χ0v) is 16.5. The van der Waals surface area contributed by atoms with Crippen LogP contribution in [0.15, 0.2) is 4.99 Å². The molecule has 0 spiro atoms. The Morgan fingerprint density at radius 1 is 1.00 bits per heavy atom. The molecule has 148 valence electrons. The summed E-state index contributed by atoms with van der Waals surface area (Å²) in [7, 11) is 1.73. The molecule has 2 fully saturated rings. The van der Waals surface area contributed by atoms with Gasteiger partial charge in [-0.3, -0.25) is 19.5 Å². The number of likely N-dealkylation sites (tertiary alicyclic amines) is 1. The summed E-state index contributed by atoms with van der Waals surface area (Å²) >= 11 is 0. The summed E-state index contributed by atoms with van der Waals surface area (Å²) in [6.07, 6.45) is 3.18. The van der Waals surface area contributed by atoms with E-state index in [9.17, 15) is 9.59 Å². The number of rotatable bonds is 6. The first kappa shape index (κ1) is 20.5. The number of piperazine rings is 1. The Morgan fingerprint density at radius 3 is 2.23 bits per heavy atom. The number of nitrogens with one attached hydrogen (secondary N) is 2. The first-order chi connectivity index (χ1) is 12.6. The average Bonchev–Trinajstić information content (AvgIpc) is 3.21. The van der Waals surface area contributed by atoms with Crippen LogP contribution in [-0.4, -0.2) is 97.9 Å². The number of hydrogen-bond acceptors (Lipinski definition) is 4. The number of aliphatic imine (C=N–C) groups is 1. The van der Waals surface area contributed by atoms with Gasteiger partial charge in [0.05, 0.1) is 12.6 Å². The van der Waals surface area contributed by atoms with Crippen molar-refractivity contribution in [3.8, 4) is 0 Å². The molecule has 2 aliphatic rings. The second-order valence-corrected chi connectivity index (χ2v) is 6.98. The van der Waals surface area contributed by atoms with E-state index in [0.29, 0.717) is 6.54 Å². The molecule has 0 aromatic heterocycles. The fourth-order valence-corrected chi connectivity index (χ4v) is 3.50. The number of nitrogens with zero attached hydrogens (tertiary/aromatic N) is 4. The molecule has 0 saturated carbocycles. The van der Waals surface area contributed by atoms with Gasteiger partial charge in [-0.15, -0.1) is 0 Å².